The fraction of sp³-hybridized carbons (Fsp3) is 0.333. The summed E-state index contributed by atoms with van der Waals surface area (Å²) in [6.45, 7) is 6.42. The number of aryl methyl sites for hydroxylation is 2. The molecule has 2 nitrogen and oxygen atoms in total. The zero-order chi connectivity index (χ0) is 9.42. The number of thiazole rings is 2. The number of aromatic nitrogens is 2. The minimum Gasteiger partial charge on any atom is -1.00 e. The Morgan fingerprint density at radius 3 is 2.43 bits per heavy atom. The lowest BCUT2D eigenvalue weighted by atomic mass is 10.4. The molecule has 0 radical (unpaired) electrons. The molecular weight excluding hydrogens is 236 g/mol. The molecule has 2 rings (SSSR count). The number of halogens is 1. The van der Waals surface area contributed by atoms with Gasteiger partial charge in [-0.25, -0.2) is 0 Å². The number of nitrogens with zero attached hydrogens (tertiary/aromatic N) is 2. The van der Waals surface area contributed by atoms with Crippen molar-refractivity contribution in [3.63, 3.8) is 0 Å². The zero-order valence-electron chi connectivity index (χ0n) is 8.24. The minimum atomic E-state index is 0. The van der Waals surface area contributed by atoms with Crippen LogP contribution in [-0.2, 0) is 0 Å². The van der Waals surface area contributed by atoms with Gasteiger partial charge in [-0.2, -0.15) is 4.57 Å². The van der Waals surface area contributed by atoms with Crippen molar-refractivity contribution in [2.24, 2.45) is 0 Å². The van der Waals surface area contributed by atoms with E-state index in [1.165, 1.54) is 15.6 Å². The van der Waals surface area contributed by atoms with E-state index >= 15 is 0 Å². The quantitative estimate of drug-likeness (QED) is 0.615. The average molecular weight is 247 g/mol. The highest BCUT2D eigenvalue weighted by Crippen LogP contribution is 2.17. The molecule has 0 amide bonds. The Kier molecular flexibility index (Phi) is 3.64. The molecule has 5 heteroatoms. The zero-order valence-corrected chi connectivity index (χ0v) is 10.6. The van der Waals surface area contributed by atoms with Gasteiger partial charge in [0.15, 0.2) is 11.2 Å². The highest BCUT2D eigenvalue weighted by Gasteiger charge is 2.18. The molecule has 0 aliphatic heterocycles. The first kappa shape index (κ1) is 11.6. The highest BCUT2D eigenvalue weighted by atomic mass is 35.5. The summed E-state index contributed by atoms with van der Waals surface area (Å²) in [4.78, 5) is 5.68. The summed E-state index contributed by atoms with van der Waals surface area (Å²) < 4.78 is 2.21. The van der Waals surface area contributed by atoms with Crippen molar-refractivity contribution in [2.45, 2.75) is 20.8 Å². The van der Waals surface area contributed by atoms with Gasteiger partial charge in [0.2, 0.25) is 0 Å². The third-order valence-electron chi connectivity index (χ3n) is 2.07. The molecule has 0 saturated heterocycles. The Balaban J connectivity index is 0.000000980. The van der Waals surface area contributed by atoms with Gasteiger partial charge in [0.05, 0.1) is 0 Å². The molecule has 0 unspecified atom stereocenters. The maximum atomic E-state index is 4.31. The molecule has 76 valence electrons. The van der Waals surface area contributed by atoms with Gasteiger partial charge < -0.3 is 12.4 Å². The molecule has 0 bridgehead atoms. The molecule has 0 aromatic carbocycles. The van der Waals surface area contributed by atoms with Crippen LogP contribution in [0.15, 0.2) is 11.6 Å². The SMILES string of the molecule is Cc1sc(C)[n+](-c2nccs2)c1C.[Cl-]. The van der Waals surface area contributed by atoms with Crippen molar-refractivity contribution in [3.05, 3.63) is 27.2 Å². The molecule has 0 N–H and O–H groups in total. The second kappa shape index (κ2) is 4.38. The third-order valence-corrected chi connectivity index (χ3v) is 3.91. The molecule has 0 atom stereocenters. The fourth-order valence-corrected chi connectivity index (χ4v) is 3.14. The topological polar surface area (TPSA) is 16.8 Å². The number of rotatable bonds is 1. The van der Waals surface area contributed by atoms with Crippen LogP contribution in [0.2, 0.25) is 0 Å². The lowest BCUT2D eigenvalue weighted by Crippen LogP contribution is -3.00. The van der Waals surface area contributed by atoms with Gasteiger partial charge >= 0.3 is 5.13 Å². The number of hydrogen-bond acceptors (Lipinski definition) is 3. The van der Waals surface area contributed by atoms with Crippen molar-refractivity contribution >= 4 is 22.7 Å². The van der Waals surface area contributed by atoms with Gasteiger partial charge in [0, 0.05) is 17.2 Å². The van der Waals surface area contributed by atoms with E-state index in [-0.39, 0.29) is 12.4 Å². The first-order valence-electron chi connectivity index (χ1n) is 4.08. The predicted octanol–water partition coefficient (Wildman–Crippen LogP) is -0.589. The number of hydrogen-bond donors (Lipinski definition) is 0. The largest absolute Gasteiger partial charge is 1.00 e. The summed E-state index contributed by atoms with van der Waals surface area (Å²) >= 11 is 3.50. The fourth-order valence-electron chi connectivity index (χ4n) is 1.34. The Morgan fingerprint density at radius 2 is 2.00 bits per heavy atom. The maximum absolute atomic E-state index is 4.31. The van der Waals surface area contributed by atoms with Crippen LogP contribution >= 0.6 is 22.7 Å². The van der Waals surface area contributed by atoms with Crippen molar-refractivity contribution in [3.8, 4) is 5.13 Å². The summed E-state index contributed by atoms with van der Waals surface area (Å²) in [5.41, 5.74) is 1.30. The molecule has 0 aliphatic carbocycles. The van der Waals surface area contributed by atoms with E-state index in [2.05, 4.69) is 30.3 Å². The van der Waals surface area contributed by atoms with E-state index in [4.69, 9.17) is 0 Å². The molecule has 2 heterocycles. The standard InChI is InChI=1S/C9H11N2S2.ClH/c1-6-7(2)13-8(3)11(6)9-10-4-5-12-9;/h4-5H,1-3H3;1H/q+1;/p-1. The smallest absolute Gasteiger partial charge is 0.387 e. The van der Waals surface area contributed by atoms with Crippen LogP contribution in [-0.4, -0.2) is 4.98 Å². The molecule has 2 aromatic rings. The summed E-state index contributed by atoms with van der Waals surface area (Å²) in [7, 11) is 0. The molecule has 2 aromatic heterocycles. The normalized spacial score (nSPS) is 9.93. The summed E-state index contributed by atoms with van der Waals surface area (Å²) in [6.07, 6.45) is 1.85. The Bertz CT molecular complexity index is 420. The second-order valence-electron chi connectivity index (χ2n) is 2.91. The Labute approximate surface area is 97.7 Å². The van der Waals surface area contributed by atoms with Crippen LogP contribution in [0.3, 0.4) is 0 Å². The van der Waals surface area contributed by atoms with Crippen molar-refractivity contribution in [1.82, 2.24) is 4.98 Å². The van der Waals surface area contributed by atoms with Gasteiger partial charge in [-0.1, -0.05) is 22.7 Å². The second-order valence-corrected chi connectivity index (χ2v) is 5.19. The molecule has 0 aliphatic rings. The first-order valence-corrected chi connectivity index (χ1v) is 5.78. The van der Waals surface area contributed by atoms with Gasteiger partial charge in [0.25, 0.3) is 0 Å². The summed E-state index contributed by atoms with van der Waals surface area (Å²) in [5.74, 6) is 0. The third kappa shape index (κ3) is 1.82. The Hall–Kier alpha value is -0.450. The van der Waals surface area contributed by atoms with Crippen molar-refractivity contribution in [1.29, 1.82) is 0 Å². The molecule has 0 saturated carbocycles. The average Bonchev–Trinajstić information content (AvgIpc) is 2.63. The molecule has 14 heavy (non-hydrogen) atoms. The van der Waals surface area contributed by atoms with Crippen LogP contribution < -0.4 is 17.0 Å². The van der Waals surface area contributed by atoms with Crippen LogP contribution in [0.4, 0.5) is 0 Å². The van der Waals surface area contributed by atoms with E-state index in [1.807, 2.05) is 22.9 Å². The van der Waals surface area contributed by atoms with E-state index in [0.717, 1.165) is 5.13 Å². The molecule has 0 fully saturated rings. The van der Waals surface area contributed by atoms with Gasteiger partial charge in [-0.15, -0.1) is 0 Å². The van der Waals surface area contributed by atoms with Crippen molar-refractivity contribution in [2.75, 3.05) is 0 Å². The van der Waals surface area contributed by atoms with Gasteiger partial charge in [0.1, 0.15) is 5.69 Å². The van der Waals surface area contributed by atoms with E-state index in [0.29, 0.717) is 0 Å². The van der Waals surface area contributed by atoms with Crippen molar-refractivity contribution < 1.29 is 17.0 Å². The monoisotopic (exact) mass is 246 g/mol. The first-order chi connectivity index (χ1) is 6.20. The minimum absolute atomic E-state index is 0. The summed E-state index contributed by atoms with van der Waals surface area (Å²) in [5, 5.41) is 4.37. The van der Waals surface area contributed by atoms with Crippen LogP contribution in [0.25, 0.3) is 5.13 Å². The maximum Gasteiger partial charge on any atom is 0.387 e. The molecular formula is C9H11ClN2S2. The van der Waals surface area contributed by atoms with E-state index in [1.54, 1.807) is 11.3 Å². The predicted molar refractivity (Wildman–Crippen MR) is 55.7 cm³/mol. The van der Waals surface area contributed by atoms with Crippen LogP contribution in [0, 0.1) is 20.8 Å². The van der Waals surface area contributed by atoms with Crippen LogP contribution in [0.5, 0.6) is 0 Å². The Morgan fingerprint density at radius 1 is 1.29 bits per heavy atom. The van der Waals surface area contributed by atoms with Gasteiger partial charge in [-0.3, -0.25) is 0 Å². The lowest BCUT2D eigenvalue weighted by molar-refractivity contribution is -0.603. The van der Waals surface area contributed by atoms with E-state index in [9.17, 15) is 0 Å². The van der Waals surface area contributed by atoms with Crippen LogP contribution in [0.1, 0.15) is 15.6 Å². The molecule has 0 spiro atoms. The van der Waals surface area contributed by atoms with E-state index < -0.39 is 0 Å². The highest BCUT2D eigenvalue weighted by molar-refractivity contribution is 7.12. The van der Waals surface area contributed by atoms with Gasteiger partial charge in [-0.05, 0) is 18.8 Å². The summed E-state index contributed by atoms with van der Waals surface area (Å²) in [6, 6.07) is 0. The lowest BCUT2D eigenvalue weighted by Gasteiger charge is -1.92.